The smallest absolute Gasteiger partial charge is 0.0917 e. The fourth-order valence-corrected chi connectivity index (χ4v) is 2.16. The first kappa shape index (κ1) is 9.97. The SMILES string of the molecule is CC1Cc2c(Cl)cccc2C(O)CN1. The number of hydrogen-bond donors (Lipinski definition) is 2. The summed E-state index contributed by atoms with van der Waals surface area (Å²) in [6.07, 6.45) is 0.445. The van der Waals surface area contributed by atoms with Crippen molar-refractivity contribution in [3.8, 4) is 0 Å². The summed E-state index contributed by atoms with van der Waals surface area (Å²) in [6.45, 7) is 2.71. The van der Waals surface area contributed by atoms with Crippen molar-refractivity contribution in [1.29, 1.82) is 0 Å². The predicted molar refractivity (Wildman–Crippen MR) is 57.6 cm³/mol. The number of hydrogen-bond acceptors (Lipinski definition) is 2. The first-order valence-corrected chi connectivity index (χ1v) is 5.25. The summed E-state index contributed by atoms with van der Waals surface area (Å²) < 4.78 is 0. The molecule has 0 saturated heterocycles. The molecule has 0 bridgehead atoms. The van der Waals surface area contributed by atoms with Gasteiger partial charge in [-0.15, -0.1) is 0 Å². The van der Waals surface area contributed by atoms with Crippen LogP contribution in [0.1, 0.15) is 24.2 Å². The molecule has 2 N–H and O–H groups in total. The van der Waals surface area contributed by atoms with Gasteiger partial charge in [0.25, 0.3) is 0 Å². The van der Waals surface area contributed by atoms with Crippen LogP contribution in [0.5, 0.6) is 0 Å². The van der Waals surface area contributed by atoms with Crippen LogP contribution < -0.4 is 5.32 Å². The Bertz CT molecular complexity index is 340. The van der Waals surface area contributed by atoms with Crippen LogP contribution in [0.4, 0.5) is 0 Å². The largest absolute Gasteiger partial charge is 0.387 e. The normalized spacial score (nSPS) is 26.8. The number of aliphatic hydroxyl groups excluding tert-OH is 1. The fraction of sp³-hybridized carbons (Fsp3) is 0.455. The highest BCUT2D eigenvalue weighted by Crippen LogP contribution is 2.28. The molecule has 1 aliphatic rings. The summed E-state index contributed by atoms with van der Waals surface area (Å²) in [7, 11) is 0. The third kappa shape index (κ3) is 1.78. The van der Waals surface area contributed by atoms with Crippen molar-refractivity contribution in [2.24, 2.45) is 0 Å². The number of benzene rings is 1. The van der Waals surface area contributed by atoms with E-state index in [2.05, 4.69) is 12.2 Å². The van der Waals surface area contributed by atoms with E-state index in [-0.39, 0.29) is 0 Å². The van der Waals surface area contributed by atoms with Crippen LogP contribution in [0.25, 0.3) is 0 Å². The Hall–Kier alpha value is -0.570. The van der Waals surface area contributed by atoms with E-state index >= 15 is 0 Å². The first-order valence-electron chi connectivity index (χ1n) is 4.87. The second-order valence-corrected chi connectivity index (χ2v) is 4.24. The highest BCUT2D eigenvalue weighted by Gasteiger charge is 2.20. The van der Waals surface area contributed by atoms with Crippen molar-refractivity contribution in [2.75, 3.05) is 6.54 Å². The van der Waals surface area contributed by atoms with Crippen LogP contribution in [-0.2, 0) is 6.42 Å². The molecular formula is C11H14ClNO. The van der Waals surface area contributed by atoms with E-state index in [4.69, 9.17) is 11.6 Å². The number of rotatable bonds is 0. The molecule has 14 heavy (non-hydrogen) atoms. The Morgan fingerprint density at radius 2 is 2.29 bits per heavy atom. The molecule has 1 aromatic rings. The van der Waals surface area contributed by atoms with Crippen LogP contribution in [0.2, 0.25) is 5.02 Å². The lowest BCUT2D eigenvalue weighted by molar-refractivity contribution is 0.175. The van der Waals surface area contributed by atoms with Gasteiger partial charge in [-0.05, 0) is 30.5 Å². The van der Waals surface area contributed by atoms with Crippen LogP contribution in [0.15, 0.2) is 18.2 Å². The highest BCUT2D eigenvalue weighted by atomic mass is 35.5. The molecule has 1 aliphatic heterocycles. The van der Waals surface area contributed by atoms with Crippen molar-refractivity contribution in [1.82, 2.24) is 5.32 Å². The molecule has 2 unspecified atom stereocenters. The molecule has 0 saturated carbocycles. The van der Waals surface area contributed by atoms with E-state index in [0.717, 1.165) is 22.6 Å². The lowest BCUT2D eigenvalue weighted by atomic mass is 9.99. The zero-order chi connectivity index (χ0) is 10.1. The molecule has 0 aliphatic carbocycles. The van der Waals surface area contributed by atoms with Gasteiger partial charge in [0.15, 0.2) is 0 Å². The minimum Gasteiger partial charge on any atom is -0.387 e. The molecule has 0 fully saturated rings. The van der Waals surface area contributed by atoms with Crippen LogP contribution in [-0.4, -0.2) is 17.7 Å². The molecule has 2 atom stereocenters. The molecule has 3 heteroatoms. The van der Waals surface area contributed by atoms with Crippen molar-refractivity contribution in [3.05, 3.63) is 34.3 Å². The number of nitrogens with one attached hydrogen (secondary N) is 1. The number of halogens is 1. The van der Waals surface area contributed by atoms with E-state index in [0.29, 0.717) is 12.6 Å². The van der Waals surface area contributed by atoms with Crippen LogP contribution in [0.3, 0.4) is 0 Å². The van der Waals surface area contributed by atoms with Gasteiger partial charge in [0.05, 0.1) is 6.10 Å². The Morgan fingerprint density at radius 1 is 1.50 bits per heavy atom. The van der Waals surface area contributed by atoms with E-state index in [1.54, 1.807) is 0 Å². The Labute approximate surface area is 88.9 Å². The molecule has 0 radical (unpaired) electrons. The van der Waals surface area contributed by atoms with Crippen LogP contribution >= 0.6 is 11.6 Å². The zero-order valence-electron chi connectivity index (χ0n) is 8.13. The topological polar surface area (TPSA) is 32.3 Å². The Balaban J connectivity index is 2.46. The summed E-state index contributed by atoms with van der Waals surface area (Å²) in [6, 6.07) is 6.09. The minimum atomic E-state index is -0.436. The highest BCUT2D eigenvalue weighted by molar-refractivity contribution is 6.31. The molecule has 1 heterocycles. The molecule has 0 amide bonds. The van der Waals surface area contributed by atoms with E-state index in [1.165, 1.54) is 0 Å². The second-order valence-electron chi connectivity index (χ2n) is 3.84. The predicted octanol–water partition coefficient (Wildman–Crippen LogP) is 1.91. The Kier molecular flexibility index (Phi) is 2.77. The zero-order valence-corrected chi connectivity index (χ0v) is 8.88. The molecule has 1 aromatic carbocycles. The maximum Gasteiger partial charge on any atom is 0.0917 e. The number of fused-ring (bicyclic) bond motifs is 1. The van der Waals surface area contributed by atoms with Crippen molar-refractivity contribution in [3.63, 3.8) is 0 Å². The summed E-state index contributed by atoms with van der Waals surface area (Å²) in [5.74, 6) is 0. The maximum atomic E-state index is 9.86. The van der Waals surface area contributed by atoms with Gasteiger partial charge in [0, 0.05) is 17.6 Å². The first-order chi connectivity index (χ1) is 6.68. The van der Waals surface area contributed by atoms with Gasteiger partial charge >= 0.3 is 0 Å². The lowest BCUT2D eigenvalue weighted by Gasteiger charge is -2.11. The number of β-amino-alcohol motifs (C(OH)–C–C–N with tert-alkyl or cyclic N) is 1. The van der Waals surface area contributed by atoms with Crippen molar-refractivity contribution in [2.45, 2.75) is 25.5 Å². The molecule has 2 rings (SSSR count). The lowest BCUT2D eigenvalue weighted by Crippen LogP contribution is -2.28. The molecule has 2 nitrogen and oxygen atoms in total. The Morgan fingerprint density at radius 3 is 3.07 bits per heavy atom. The second kappa shape index (κ2) is 3.89. The third-order valence-corrected chi connectivity index (χ3v) is 3.04. The van der Waals surface area contributed by atoms with Gasteiger partial charge < -0.3 is 10.4 Å². The summed E-state index contributed by atoms with van der Waals surface area (Å²) in [4.78, 5) is 0. The van der Waals surface area contributed by atoms with Gasteiger partial charge in [-0.25, -0.2) is 0 Å². The van der Waals surface area contributed by atoms with Gasteiger partial charge in [-0.3, -0.25) is 0 Å². The molecule has 76 valence electrons. The minimum absolute atomic E-state index is 0.366. The fourth-order valence-electron chi connectivity index (χ4n) is 1.90. The number of aliphatic hydroxyl groups is 1. The van der Waals surface area contributed by atoms with Gasteiger partial charge in [0.1, 0.15) is 0 Å². The standard InChI is InChI=1S/C11H14ClNO/c1-7-5-9-8(11(14)6-13-7)3-2-4-10(9)12/h2-4,7,11,13-14H,5-6H2,1H3. The van der Waals surface area contributed by atoms with E-state index < -0.39 is 6.10 Å². The summed E-state index contributed by atoms with van der Waals surface area (Å²) in [5, 5.41) is 13.9. The monoisotopic (exact) mass is 211 g/mol. The van der Waals surface area contributed by atoms with Gasteiger partial charge in [-0.1, -0.05) is 23.7 Å². The van der Waals surface area contributed by atoms with Crippen molar-refractivity contribution < 1.29 is 5.11 Å². The summed E-state index contributed by atoms with van der Waals surface area (Å²) in [5.41, 5.74) is 2.05. The molecule has 0 spiro atoms. The van der Waals surface area contributed by atoms with Gasteiger partial charge in [0.2, 0.25) is 0 Å². The third-order valence-electron chi connectivity index (χ3n) is 2.68. The quantitative estimate of drug-likeness (QED) is 0.687. The van der Waals surface area contributed by atoms with E-state index in [9.17, 15) is 5.11 Å². The average Bonchev–Trinajstić information content (AvgIpc) is 2.30. The summed E-state index contributed by atoms with van der Waals surface area (Å²) >= 11 is 6.11. The van der Waals surface area contributed by atoms with Gasteiger partial charge in [-0.2, -0.15) is 0 Å². The molecule has 0 aromatic heterocycles. The average molecular weight is 212 g/mol. The maximum absolute atomic E-state index is 9.86. The van der Waals surface area contributed by atoms with Crippen LogP contribution in [0, 0.1) is 0 Å². The molecular weight excluding hydrogens is 198 g/mol. The van der Waals surface area contributed by atoms with Crippen molar-refractivity contribution >= 4 is 11.6 Å². The van der Waals surface area contributed by atoms with E-state index in [1.807, 2.05) is 18.2 Å².